The van der Waals surface area contributed by atoms with Crippen molar-refractivity contribution in [3.05, 3.63) is 46.6 Å². The molecule has 2 aromatic heterocycles. The summed E-state index contributed by atoms with van der Waals surface area (Å²) < 4.78 is 1.49. The highest BCUT2D eigenvalue weighted by atomic mass is 32.1. The van der Waals surface area contributed by atoms with E-state index in [2.05, 4.69) is 46.2 Å². The van der Waals surface area contributed by atoms with E-state index < -0.39 is 0 Å². The zero-order valence-corrected chi connectivity index (χ0v) is 16.3. The molecule has 1 N–H and O–H groups in total. The van der Waals surface area contributed by atoms with Gasteiger partial charge in [0.15, 0.2) is 0 Å². The fourth-order valence-corrected chi connectivity index (χ4v) is 4.72. The van der Waals surface area contributed by atoms with E-state index in [1.54, 1.807) is 6.92 Å². The summed E-state index contributed by atoms with van der Waals surface area (Å²) in [5.41, 5.74) is 2.41. The zero-order valence-electron chi connectivity index (χ0n) is 15.5. The highest BCUT2D eigenvalue weighted by Crippen LogP contribution is 2.40. The Morgan fingerprint density at radius 1 is 1.22 bits per heavy atom. The fraction of sp³-hybridized carbons (Fsp3) is 0.421. The quantitative estimate of drug-likeness (QED) is 0.746. The molecule has 1 saturated heterocycles. The second-order valence-electron chi connectivity index (χ2n) is 6.78. The SMILES string of the molecule is CCc1ccc(C(c2sc3ncnn3c2O)N2CCN(C(C)=O)CC2)cc1. The Morgan fingerprint density at radius 2 is 1.93 bits per heavy atom. The molecule has 1 atom stereocenters. The number of carbonyl (C=O) groups excluding carboxylic acids is 1. The number of amides is 1. The number of aryl methyl sites for hydroxylation is 1. The minimum atomic E-state index is -0.0847. The third-order valence-electron chi connectivity index (χ3n) is 5.22. The molecule has 0 saturated carbocycles. The molecule has 0 bridgehead atoms. The number of benzene rings is 1. The summed E-state index contributed by atoms with van der Waals surface area (Å²) >= 11 is 1.46. The highest BCUT2D eigenvalue weighted by Gasteiger charge is 2.31. The number of piperazine rings is 1. The lowest BCUT2D eigenvalue weighted by molar-refractivity contribution is -0.130. The molecule has 1 aliphatic rings. The van der Waals surface area contributed by atoms with Gasteiger partial charge in [-0.25, -0.2) is 4.98 Å². The van der Waals surface area contributed by atoms with Crippen LogP contribution < -0.4 is 0 Å². The first-order valence-corrected chi connectivity index (χ1v) is 10.00. The van der Waals surface area contributed by atoms with Gasteiger partial charge < -0.3 is 10.0 Å². The van der Waals surface area contributed by atoms with E-state index in [1.807, 2.05) is 4.90 Å². The monoisotopic (exact) mass is 385 g/mol. The number of hydrogen-bond acceptors (Lipinski definition) is 6. The van der Waals surface area contributed by atoms with Gasteiger partial charge in [-0.1, -0.05) is 42.5 Å². The first kappa shape index (κ1) is 17.9. The van der Waals surface area contributed by atoms with Gasteiger partial charge in [-0.2, -0.15) is 9.61 Å². The maximum atomic E-state index is 11.7. The van der Waals surface area contributed by atoms with Crippen molar-refractivity contribution in [2.75, 3.05) is 26.2 Å². The van der Waals surface area contributed by atoms with Crippen LogP contribution in [0.2, 0.25) is 0 Å². The molecule has 0 aliphatic carbocycles. The topological polar surface area (TPSA) is 74.0 Å². The second-order valence-corrected chi connectivity index (χ2v) is 7.79. The molecule has 1 aromatic carbocycles. The van der Waals surface area contributed by atoms with Crippen molar-refractivity contribution in [2.24, 2.45) is 0 Å². The highest BCUT2D eigenvalue weighted by molar-refractivity contribution is 7.17. The van der Waals surface area contributed by atoms with Crippen LogP contribution in [-0.2, 0) is 11.2 Å². The van der Waals surface area contributed by atoms with E-state index in [0.717, 1.165) is 30.0 Å². The third kappa shape index (κ3) is 3.30. The predicted octanol–water partition coefficient (Wildman–Crippen LogP) is 2.31. The van der Waals surface area contributed by atoms with E-state index in [-0.39, 0.29) is 17.8 Å². The van der Waals surface area contributed by atoms with Crippen molar-refractivity contribution in [2.45, 2.75) is 26.3 Å². The van der Waals surface area contributed by atoms with Crippen LogP contribution in [0.15, 0.2) is 30.6 Å². The minimum Gasteiger partial charge on any atom is -0.492 e. The van der Waals surface area contributed by atoms with Crippen molar-refractivity contribution < 1.29 is 9.90 Å². The number of aromatic hydroxyl groups is 1. The van der Waals surface area contributed by atoms with Crippen molar-refractivity contribution >= 4 is 22.2 Å². The van der Waals surface area contributed by atoms with Crippen LogP contribution in [0.3, 0.4) is 0 Å². The summed E-state index contributed by atoms with van der Waals surface area (Å²) in [6.07, 6.45) is 2.44. The maximum absolute atomic E-state index is 11.7. The Labute approximate surface area is 161 Å². The van der Waals surface area contributed by atoms with Gasteiger partial charge in [0, 0.05) is 33.1 Å². The van der Waals surface area contributed by atoms with Gasteiger partial charge in [0.25, 0.3) is 0 Å². The van der Waals surface area contributed by atoms with E-state index in [4.69, 9.17) is 0 Å². The normalized spacial score (nSPS) is 16.7. The number of hydrogen-bond donors (Lipinski definition) is 1. The van der Waals surface area contributed by atoms with Gasteiger partial charge in [-0.3, -0.25) is 9.69 Å². The molecule has 0 radical (unpaired) electrons. The smallest absolute Gasteiger partial charge is 0.230 e. The number of carbonyl (C=O) groups is 1. The molecule has 1 unspecified atom stereocenters. The molecule has 4 rings (SSSR count). The maximum Gasteiger partial charge on any atom is 0.230 e. The molecule has 142 valence electrons. The molecule has 1 amide bonds. The summed E-state index contributed by atoms with van der Waals surface area (Å²) in [6.45, 7) is 6.65. The van der Waals surface area contributed by atoms with Gasteiger partial charge in [0.2, 0.25) is 16.7 Å². The Kier molecular flexibility index (Phi) is 4.84. The van der Waals surface area contributed by atoms with Crippen LogP contribution in [0.25, 0.3) is 4.96 Å². The third-order valence-corrected chi connectivity index (χ3v) is 6.30. The molecule has 3 heterocycles. The number of thiazole rings is 1. The molecule has 27 heavy (non-hydrogen) atoms. The number of nitrogens with zero attached hydrogens (tertiary/aromatic N) is 5. The molecule has 1 aliphatic heterocycles. The van der Waals surface area contributed by atoms with Crippen LogP contribution in [0.5, 0.6) is 5.88 Å². The van der Waals surface area contributed by atoms with Crippen LogP contribution in [-0.4, -0.2) is 61.6 Å². The summed E-state index contributed by atoms with van der Waals surface area (Å²) in [4.78, 5) is 21.6. The molecule has 8 heteroatoms. The summed E-state index contributed by atoms with van der Waals surface area (Å²) in [5, 5.41) is 14.9. The Balaban J connectivity index is 1.72. The van der Waals surface area contributed by atoms with Gasteiger partial charge in [0.05, 0.1) is 10.9 Å². The number of rotatable bonds is 4. The molecule has 0 spiro atoms. The molecular weight excluding hydrogens is 362 g/mol. The first-order chi connectivity index (χ1) is 13.1. The van der Waals surface area contributed by atoms with Crippen LogP contribution in [0, 0.1) is 0 Å². The largest absolute Gasteiger partial charge is 0.492 e. The van der Waals surface area contributed by atoms with Crippen molar-refractivity contribution in [1.29, 1.82) is 0 Å². The van der Waals surface area contributed by atoms with Crippen molar-refractivity contribution in [1.82, 2.24) is 24.4 Å². The average Bonchev–Trinajstić information content (AvgIpc) is 3.27. The van der Waals surface area contributed by atoms with E-state index in [9.17, 15) is 9.90 Å². The Bertz CT molecular complexity index is 941. The Hall–Kier alpha value is -2.45. The fourth-order valence-electron chi connectivity index (χ4n) is 3.63. The molecule has 1 fully saturated rings. The summed E-state index contributed by atoms with van der Waals surface area (Å²) in [5.74, 6) is 0.256. The average molecular weight is 385 g/mol. The lowest BCUT2D eigenvalue weighted by Crippen LogP contribution is -2.49. The standard InChI is InChI=1S/C19H23N5O2S/c1-3-14-4-6-15(7-5-14)16(23-10-8-22(9-11-23)13(2)25)17-18(26)24-19(27-17)20-12-21-24/h4-7,12,16,26H,3,8-11H2,1-2H3. The van der Waals surface area contributed by atoms with E-state index in [1.165, 1.54) is 27.7 Å². The lowest BCUT2D eigenvalue weighted by Gasteiger charge is -2.38. The van der Waals surface area contributed by atoms with Crippen molar-refractivity contribution in [3.63, 3.8) is 0 Å². The minimum absolute atomic E-state index is 0.0847. The summed E-state index contributed by atoms with van der Waals surface area (Å²) in [7, 11) is 0. The van der Waals surface area contributed by atoms with Gasteiger partial charge in [-0.15, -0.1) is 0 Å². The lowest BCUT2D eigenvalue weighted by atomic mass is 10.0. The summed E-state index contributed by atoms with van der Waals surface area (Å²) in [6, 6.07) is 8.47. The van der Waals surface area contributed by atoms with Crippen molar-refractivity contribution in [3.8, 4) is 5.88 Å². The van der Waals surface area contributed by atoms with E-state index in [0.29, 0.717) is 18.1 Å². The van der Waals surface area contributed by atoms with E-state index >= 15 is 0 Å². The number of fused-ring (bicyclic) bond motifs is 1. The number of aromatic nitrogens is 3. The van der Waals surface area contributed by atoms with Gasteiger partial charge in [-0.05, 0) is 17.5 Å². The van der Waals surface area contributed by atoms with Crippen LogP contribution in [0.4, 0.5) is 0 Å². The van der Waals surface area contributed by atoms with Gasteiger partial charge in [0.1, 0.15) is 6.33 Å². The molecular formula is C19H23N5O2S. The Morgan fingerprint density at radius 3 is 2.52 bits per heavy atom. The van der Waals surface area contributed by atoms with Crippen LogP contribution in [0.1, 0.15) is 35.9 Å². The molecule has 3 aromatic rings. The molecule has 7 nitrogen and oxygen atoms in total. The predicted molar refractivity (Wildman–Crippen MR) is 104 cm³/mol. The zero-order chi connectivity index (χ0) is 19.0. The first-order valence-electron chi connectivity index (χ1n) is 9.18. The van der Waals surface area contributed by atoms with Gasteiger partial charge >= 0.3 is 0 Å². The van der Waals surface area contributed by atoms with Crippen LogP contribution >= 0.6 is 11.3 Å². The second kappa shape index (κ2) is 7.28.